The molecule has 1 aromatic heterocycles. The van der Waals surface area contributed by atoms with Crippen LogP contribution in [-0.4, -0.2) is 21.1 Å². The Kier molecular flexibility index (Phi) is 3.80. The van der Waals surface area contributed by atoms with E-state index in [1.54, 1.807) is 0 Å². The molecular weight excluding hydrogens is 397 g/mol. The Morgan fingerprint density at radius 2 is 1.82 bits per heavy atom. The van der Waals surface area contributed by atoms with E-state index in [4.69, 9.17) is 0 Å². The van der Waals surface area contributed by atoms with Crippen molar-refractivity contribution in [1.82, 2.24) is 4.98 Å². The number of amides is 1. The van der Waals surface area contributed by atoms with Crippen LogP contribution in [0.4, 0.5) is 5.69 Å². The summed E-state index contributed by atoms with van der Waals surface area (Å²) in [6, 6.07) is 11.2. The van der Waals surface area contributed by atoms with E-state index in [1.807, 2.05) is 18.2 Å². The second-order valence-corrected chi connectivity index (χ2v) is 5.81. The molecule has 6 nitrogen and oxygen atoms in total. The molecule has 1 amide bonds. The number of aromatic nitrogens is 1. The monoisotopic (exact) mass is 407 g/mol. The van der Waals surface area contributed by atoms with E-state index in [0.717, 1.165) is 3.57 Å². The largest absolute Gasteiger partial charge is 0.508 e. The second-order valence-electron chi connectivity index (χ2n) is 4.56. The number of phenolic OH excluding ortho intramolecular Hbond substituents is 1. The van der Waals surface area contributed by atoms with Gasteiger partial charge in [0.2, 0.25) is 5.88 Å². The van der Waals surface area contributed by atoms with Gasteiger partial charge in [0, 0.05) is 14.5 Å². The molecule has 0 bridgehead atoms. The number of nitrogens with zero attached hydrogens (tertiary/aromatic N) is 2. The van der Waals surface area contributed by atoms with Crippen LogP contribution in [0.25, 0.3) is 10.9 Å². The Morgan fingerprint density at radius 3 is 2.55 bits per heavy atom. The highest BCUT2D eigenvalue weighted by Gasteiger charge is 2.12. The molecule has 0 saturated carbocycles. The van der Waals surface area contributed by atoms with Crippen LogP contribution in [0.1, 0.15) is 10.4 Å². The van der Waals surface area contributed by atoms with E-state index in [9.17, 15) is 15.0 Å². The van der Waals surface area contributed by atoms with Crippen molar-refractivity contribution in [3.63, 3.8) is 0 Å². The van der Waals surface area contributed by atoms with Gasteiger partial charge in [0.1, 0.15) is 5.75 Å². The normalized spacial score (nSPS) is 11.3. The number of azo groups is 1. The first-order valence-electron chi connectivity index (χ1n) is 6.30. The topological polar surface area (TPSA) is 98.0 Å². The fourth-order valence-electron chi connectivity index (χ4n) is 1.99. The number of nitrogens with one attached hydrogen (secondary N) is 1. The first-order valence-corrected chi connectivity index (χ1v) is 7.38. The van der Waals surface area contributed by atoms with Crippen LogP contribution in [0, 0.1) is 3.57 Å². The fourth-order valence-corrected chi connectivity index (χ4v) is 2.49. The number of hydrogen-bond donors (Lipinski definition) is 3. The lowest BCUT2D eigenvalue weighted by atomic mass is 10.2. The molecule has 0 aliphatic carbocycles. The van der Waals surface area contributed by atoms with Gasteiger partial charge in [-0.1, -0.05) is 0 Å². The van der Waals surface area contributed by atoms with Gasteiger partial charge in [-0.05, 0) is 65.1 Å². The molecule has 0 fully saturated rings. The maximum absolute atomic E-state index is 11.9. The van der Waals surface area contributed by atoms with E-state index >= 15 is 0 Å². The minimum absolute atomic E-state index is 0.0670. The summed E-state index contributed by atoms with van der Waals surface area (Å²) in [6.07, 6.45) is 0. The zero-order chi connectivity index (χ0) is 15.7. The van der Waals surface area contributed by atoms with E-state index in [0.29, 0.717) is 16.5 Å². The quantitative estimate of drug-likeness (QED) is 0.441. The number of phenols is 1. The van der Waals surface area contributed by atoms with Crippen molar-refractivity contribution < 1.29 is 15.0 Å². The Bertz CT molecular complexity index is 885. The Labute approximate surface area is 138 Å². The Balaban J connectivity index is 1.95. The predicted molar refractivity (Wildman–Crippen MR) is 89.6 cm³/mol. The Morgan fingerprint density at radius 1 is 1.09 bits per heavy atom. The van der Waals surface area contributed by atoms with Crippen LogP contribution in [0.2, 0.25) is 0 Å². The molecule has 0 saturated heterocycles. The van der Waals surface area contributed by atoms with Gasteiger partial charge in [0.05, 0.1) is 5.52 Å². The molecule has 22 heavy (non-hydrogen) atoms. The molecule has 3 N–H and O–H groups in total. The second kappa shape index (κ2) is 5.76. The van der Waals surface area contributed by atoms with Crippen molar-refractivity contribution in [2.45, 2.75) is 0 Å². The van der Waals surface area contributed by atoms with Gasteiger partial charge in [-0.2, -0.15) is 0 Å². The van der Waals surface area contributed by atoms with Crippen molar-refractivity contribution in [2.75, 3.05) is 0 Å². The van der Waals surface area contributed by atoms with Crippen molar-refractivity contribution in [3.8, 4) is 11.6 Å². The standard InChI is InChI=1S/C15H10IN3O3/c16-9-3-6-12-11(7-9)13(15(22)17-12)18-19-14(21)8-1-4-10(20)5-2-8/h1-7,17,20,22H. The van der Waals surface area contributed by atoms with Gasteiger partial charge < -0.3 is 15.2 Å². The number of halogens is 1. The number of carbonyl (C=O) groups excluding carboxylic acids is 1. The minimum atomic E-state index is -0.556. The van der Waals surface area contributed by atoms with Gasteiger partial charge in [0.25, 0.3) is 5.91 Å². The molecular formula is C15H10IN3O3. The third kappa shape index (κ3) is 2.80. The summed E-state index contributed by atoms with van der Waals surface area (Å²) in [6.45, 7) is 0. The smallest absolute Gasteiger partial charge is 0.295 e. The number of H-pyrrole nitrogens is 1. The lowest BCUT2D eigenvalue weighted by molar-refractivity contribution is 0.0995. The van der Waals surface area contributed by atoms with Gasteiger partial charge in [-0.3, -0.25) is 4.79 Å². The van der Waals surface area contributed by atoms with Gasteiger partial charge in [-0.25, -0.2) is 0 Å². The fraction of sp³-hybridized carbons (Fsp3) is 0. The molecule has 110 valence electrons. The van der Waals surface area contributed by atoms with Crippen LogP contribution >= 0.6 is 22.6 Å². The number of aromatic hydroxyl groups is 2. The summed E-state index contributed by atoms with van der Waals surface area (Å²) in [5.41, 5.74) is 1.24. The van der Waals surface area contributed by atoms with E-state index < -0.39 is 5.91 Å². The molecule has 0 spiro atoms. The van der Waals surface area contributed by atoms with Gasteiger partial charge >= 0.3 is 0 Å². The molecule has 7 heteroatoms. The van der Waals surface area contributed by atoms with Crippen molar-refractivity contribution in [1.29, 1.82) is 0 Å². The third-order valence-electron chi connectivity index (χ3n) is 3.07. The first kappa shape index (κ1) is 14.5. The lowest BCUT2D eigenvalue weighted by Crippen LogP contribution is -1.92. The molecule has 0 unspecified atom stereocenters. The number of rotatable bonds is 2. The number of hydrogen-bond acceptors (Lipinski definition) is 4. The SMILES string of the molecule is O=C(N=Nc1c(O)[nH]c2ccc(I)cc12)c1ccc(O)cc1. The van der Waals surface area contributed by atoms with Crippen LogP contribution < -0.4 is 0 Å². The van der Waals surface area contributed by atoms with Crippen molar-refractivity contribution >= 4 is 45.1 Å². The molecule has 3 aromatic rings. The van der Waals surface area contributed by atoms with Crippen LogP contribution in [0.3, 0.4) is 0 Å². The van der Waals surface area contributed by atoms with E-state index in [2.05, 4.69) is 37.8 Å². The molecule has 0 aliphatic heterocycles. The molecule has 3 rings (SSSR count). The van der Waals surface area contributed by atoms with Gasteiger partial charge in [-0.15, -0.1) is 10.2 Å². The summed E-state index contributed by atoms with van der Waals surface area (Å²) >= 11 is 2.15. The molecule has 0 atom stereocenters. The zero-order valence-electron chi connectivity index (χ0n) is 11.1. The summed E-state index contributed by atoms with van der Waals surface area (Å²) in [5.74, 6) is -0.629. The number of benzene rings is 2. The number of fused-ring (bicyclic) bond motifs is 1. The number of aromatic amines is 1. The summed E-state index contributed by atoms with van der Waals surface area (Å²) in [7, 11) is 0. The average Bonchev–Trinajstić information content (AvgIpc) is 2.80. The minimum Gasteiger partial charge on any atom is -0.508 e. The molecule has 1 heterocycles. The van der Waals surface area contributed by atoms with E-state index in [-0.39, 0.29) is 17.3 Å². The van der Waals surface area contributed by atoms with Crippen LogP contribution in [0.15, 0.2) is 52.7 Å². The van der Waals surface area contributed by atoms with Crippen LogP contribution in [0.5, 0.6) is 11.6 Å². The Hall–Kier alpha value is -2.42. The van der Waals surface area contributed by atoms with Crippen molar-refractivity contribution in [3.05, 3.63) is 51.6 Å². The summed E-state index contributed by atoms with van der Waals surface area (Å²) < 4.78 is 0.977. The van der Waals surface area contributed by atoms with Gasteiger partial charge in [0.15, 0.2) is 5.69 Å². The summed E-state index contributed by atoms with van der Waals surface area (Å²) in [4.78, 5) is 14.7. The van der Waals surface area contributed by atoms with Crippen LogP contribution in [-0.2, 0) is 0 Å². The summed E-state index contributed by atoms with van der Waals surface area (Å²) in [5, 5.41) is 27.3. The highest BCUT2D eigenvalue weighted by Crippen LogP contribution is 2.36. The average molecular weight is 407 g/mol. The molecule has 0 radical (unpaired) electrons. The maximum atomic E-state index is 11.9. The maximum Gasteiger partial charge on any atom is 0.295 e. The molecule has 2 aromatic carbocycles. The predicted octanol–water partition coefficient (Wildman–Crippen LogP) is 4.11. The van der Waals surface area contributed by atoms with E-state index in [1.165, 1.54) is 24.3 Å². The lowest BCUT2D eigenvalue weighted by Gasteiger charge is -1.95. The zero-order valence-corrected chi connectivity index (χ0v) is 13.3. The molecule has 0 aliphatic rings. The third-order valence-corrected chi connectivity index (χ3v) is 3.74. The highest BCUT2D eigenvalue weighted by molar-refractivity contribution is 14.1. The number of carbonyl (C=O) groups is 1. The highest BCUT2D eigenvalue weighted by atomic mass is 127. The van der Waals surface area contributed by atoms with Crippen molar-refractivity contribution in [2.24, 2.45) is 10.2 Å². The first-order chi connectivity index (χ1) is 10.5.